The zero-order valence-corrected chi connectivity index (χ0v) is 23.8. The summed E-state index contributed by atoms with van der Waals surface area (Å²) in [6.07, 6.45) is 0.657. The zero-order chi connectivity index (χ0) is 28.2. The largest absolute Gasteiger partial charge is 0.497 e. The van der Waals surface area contributed by atoms with Crippen LogP contribution in [-0.2, 0) is 19.7 Å². The standard InChI is InChI=1S/C29H35FN4O4S/c1-29(2,3)27-25-26(21-9-6-7-10-22(21)30)39-18-24(36)33(17-23(35)31-15-8-16-37-4)28(25)34(32-27)19-11-13-20(38-5)14-12-19/h6-7,9-14,26H,8,15-18H2,1-5H3,(H,31,35). The Labute approximate surface area is 232 Å². The van der Waals surface area contributed by atoms with E-state index >= 15 is 4.39 Å². The molecule has 4 rings (SSSR count). The number of fused-ring (bicyclic) bond motifs is 1. The van der Waals surface area contributed by atoms with E-state index in [-0.39, 0.29) is 29.9 Å². The number of benzene rings is 2. The van der Waals surface area contributed by atoms with E-state index in [1.54, 1.807) is 37.1 Å². The van der Waals surface area contributed by atoms with Gasteiger partial charge in [-0.25, -0.2) is 9.07 Å². The van der Waals surface area contributed by atoms with Gasteiger partial charge < -0.3 is 14.8 Å². The summed E-state index contributed by atoms with van der Waals surface area (Å²) < 4.78 is 27.3. The van der Waals surface area contributed by atoms with Crippen LogP contribution < -0.4 is 15.0 Å². The van der Waals surface area contributed by atoms with Crippen LogP contribution in [0.3, 0.4) is 0 Å². The van der Waals surface area contributed by atoms with E-state index in [9.17, 15) is 9.59 Å². The van der Waals surface area contributed by atoms with Gasteiger partial charge in [0.05, 0.1) is 29.5 Å². The van der Waals surface area contributed by atoms with Gasteiger partial charge in [-0.1, -0.05) is 39.0 Å². The number of thioether (sulfide) groups is 1. The Balaban J connectivity index is 1.91. The number of hydrogen-bond donors (Lipinski definition) is 1. The van der Waals surface area contributed by atoms with E-state index in [1.165, 1.54) is 22.7 Å². The van der Waals surface area contributed by atoms with Crippen molar-refractivity contribution in [3.05, 3.63) is 71.2 Å². The van der Waals surface area contributed by atoms with E-state index in [2.05, 4.69) is 5.32 Å². The maximum Gasteiger partial charge on any atom is 0.240 e. The first-order valence-corrected chi connectivity index (χ1v) is 13.9. The molecule has 1 aliphatic rings. The van der Waals surface area contributed by atoms with Gasteiger partial charge in [0.1, 0.15) is 23.9 Å². The topological polar surface area (TPSA) is 85.7 Å². The number of carbonyl (C=O) groups is 2. The quantitative estimate of drug-likeness (QED) is 0.388. The van der Waals surface area contributed by atoms with Crippen molar-refractivity contribution in [1.82, 2.24) is 15.1 Å². The average molecular weight is 555 g/mol. The van der Waals surface area contributed by atoms with Gasteiger partial charge in [-0.05, 0) is 36.8 Å². The molecule has 0 saturated carbocycles. The number of rotatable bonds is 9. The summed E-state index contributed by atoms with van der Waals surface area (Å²) in [5, 5.41) is 7.39. The fraction of sp³-hybridized carbons (Fsp3) is 0.414. The van der Waals surface area contributed by atoms with Crippen molar-refractivity contribution in [2.24, 2.45) is 0 Å². The van der Waals surface area contributed by atoms with Crippen molar-refractivity contribution in [1.29, 1.82) is 0 Å². The number of ether oxygens (including phenoxy) is 2. The van der Waals surface area contributed by atoms with Gasteiger partial charge in [0.25, 0.3) is 0 Å². The van der Waals surface area contributed by atoms with Gasteiger partial charge in [-0.15, -0.1) is 11.8 Å². The molecular weight excluding hydrogens is 519 g/mol. The highest BCUT2D eigenvalue weighted by Gasteiger charge is 2.40. The van der Waals surface area contributed by atoms with Crippen LogP contribution in [0.25, 0.3) is 5.69 Å². The lowest BCUT2D eigenvalue weighted by atomic mass is 9.87. The molecule has 208 valence electrons. The Hall–Kier alpha value is -3.37. The Bertz CT molecular complexity index is 1320. The summed E-state index contributed by atoms with van der Waals surface area (Å²) in [5.41, 5.74) is 2.19. The van der Waals surface area contributed by atoms with Gasteiger partial charge >= 0.3 is 0 Å². The number of amides is 2. The van der Waals surface area contributed by atoms with Crippen molar-refractivity contribution < 1.29 is 23.5 Å². The minimum atomic E-state index is -0.499. The number of methoxy groups -OCH3 is 2. The fourth-order valence-corrected chi connectivity index (χ4v) is 5.77. The monoisotopic (exact) mass is 554 g/mol. The van der Waals surface area contributed by atoms with Crippen molar-refractivity contribution >= 4 is 29.4 Å². The molecule has 0 spiro atoms. The molecule has 3 aromatic rings. The minimum Gasteiger partial charge on any atom is -0.497 e. The molecule has 0 bridgehead atoms. The van der Waals surface area contributed by atoms with Gasteiger partial charge in [-0.2, -0.15) is 5.10 Å². The molecular formula is C29H35FN4O4S. The van der Waals surface area contributed by atoms with Crippen LogP contribution in [-0.4, -0.2) is 61.3 Å². The SMILES string of the molecule is COCCCNC(=O)CN1C(=O)CSC(c2ccccc2F)c2c(C(C)(C)C)nn(-c3ccc(OC)cc3)c21. The molecule has 0 fully saturated rings. The summed E-state index contributed by atoms with van der Waals surface area (Å²) >= 11 is 1.35. The van der Waals surface area contributed by atoms with E-state index in [0.29, 0.717) is 42.4 Å². The van der Waals surface area contributed by atoms with Crippen molar-refractivity contribution in [3.8, 4) is 11.4 Å². The highest BCUT2D eigenvalue weighted by atomic mass is 32.2. The average Bonchev–Trinajstić information content (AvgIpc) is 3.25. The molecule has 10 heteroatoms. The highest BCUT2D eigenvalue weighted by Crippen LogP contribution is 2.48. The molecule has 39 heavy (non-hydrogen) atoms. The van der Waals surface area contributed by atoms with Gasteiger partial charge in [0.2, 0.25) is 11.8 Å². The predicted octanol–water partition coefficient (Wildman–Crippen LogP) is 4.64. The summed E-state index contributed by atoms with van der Waals surface area (Å²) in [6, 6.07) is 13.9. The highest BCUT2D eigenvalue weighted by molar-refractivity contribution is 8.00. The first kappa shape index (κ1) is 28.6. The second-order valence-electron chi connectivity index (χ2n) is 10.3. The third-order valence-corrected chi connectivity index (χ3v) is 7.69. The molecule has 1 unspecified atom stereocenters. The molecule has 8 nitrogen and oxygen atoms in total. The molecule has 1 N–H and O–H groups in total. The lowest BCUT2D eigenvalue weighted by molar-refractivity contribution is -0.122. The maximum atomic E-state index is 15.2. The number of halogens is 1. The van der Waals surface area contributed by atoms with Crippen molar-refractivity contribution in [2.75, 3.05) is 44.6 Å². The molecule has 2 heterocycles. The number of aromatic nitrogens is 2. The van der Waals surface area contributed by atoms with Gasteiger partial charge in [0, 0.05) is 36.8 Å². The smallest absolute Gasteiger partial charge is 0.240 e. The lowest BCUT2D eigenvalue weighted by Crippen LogP contribution is -2.42. The second kappa shape index (κ2) is 12.2. The Kier molecular flexibility index (Phi) is 8.97. The van der Waals surface area contributed by atoms with E-state index in [1.807, 2.05) is 45.0 Å². The number of hydrogen-bond acceptors (Lipinski definition) is 6. The first-order chi connectivity index (χ1) is 18.7. The molecule has 2 aromatic carbocycles. The minimum absolute atomic E-state index is 0.0802. The van der Waals surface area contributed by atoms with E-state index in [0.717, 1.165) is 11.3 Å². The van der Waals surface area contributed by atoms with Crippen LogP contribution in [0.5, 0.6) is 5.75 Å². The van der Waals surface area contributed by atoms with Crippen LogP contribution in [0.1, 0.15) is 49.3 Å². The predicted molar refractivity (Wildman–Crippen MR) is 151 cm³/mol. The van der Waals surface area contributed by atoms with E-state index < -0.39 is 10.7 Å². The number of carbonyl (C=O) groups excluding carboxylic acids is 2. The molecule has 0 saturated heterocycles. The van der Waals surface area contributed by atoms with Gasteiger partial charge in [0.15, 0.2) is 0 Å². The number of nitrogens with zero attached hydrogens (tertiary/aromatic N) is 3. The fourth-order valence-electron chi connectivity index (χ4n) is 4.55. The third-order valence-electron chi connectivity index (χ3n) is 6.45. The molecule has 1 aromatic heterocycles. The Morgan fingerprint density at radius 1 is 1.15 bits per heavy atom. The summed E-state index contributed by atoms with van der Waals surface area (Å²) in [4.78, 5) is 28.2. The second-order valence-corrected chi connectivity index (χ2v) is 11.4. The van der Waals surface area contributed by atoms with Crippen LogP contribution in [0.15, 0.2) is 48.5 Å². The van der Waals surface area contributed by atoms with E-state index in [4.69, 9.17) is 14.6 Å². The zero-order valence-electron chi connectivity index (χ0n) is 23.0. The molecule has 0 aliphatic carbocycles. The van der Waals surface area contributed by atoms with Crippen LogP contribution in [0.4, 0.5) is 10.2 Å². The summed E-state index contributed by atoms with van der Waals surface area (Å²) in [5.74, 6) is 0.338. The molecule has 1 atom stereocenters. The first-order valence-electron chi connectivity index (χ1n) is 12.9. The number of nitrogens with one attached hydrogen (secondary N) is 1. The van der Waals surface area contributed by atoms with Gasteiger partial charge in [-0.3, -0.25) is 14.5 Å². The maximum absolute atomic E-state index is 15.2. The molecule has 2 amide bonds. The summed E-state index contributed by atoms with van der Waals surface area (Å²) in [6.45, 7) is 6.88. The van der Waals surface area contributed by atoms with Crippen LogP contribution in [0.2, 0.25) is 0 Å². The lowest BCUT2D eigenvalue weighted by Gasteiger charge is -2.24. The Morgan fingerprint density at radius 2 is 1.87 bits per heavy atom. The van der Waals surface area contributed by atoms with Crippen LogP contribution >= 0.6 is 11.8 Å². The van der Waals surface area contributed by atoms with Crippen molar-refractivity contribution in [3.63, 3.8) is 0 Å². The van der Waals surface area contributed by atoms with Crippen molar-refractivity contribution in [2.45, 2.75) is 37.9 Å². The summed E-state index contributed by atoms with van der Waals surface area (Å²) in [7, 11) is 3.20. The molecule has 0 radical (unpaired) electrons. The number of anilines is 1. The normalized spacial score (nSPS) is 15.6. The third kappa shape index (κ3) is 6.28. The molecule has 1 aliphatic heterocycles. The Morgan fingerprint density at radius 3 is 2.51 bits per heavy atom. The van der Waals surface area contributed by atoms with Crippen LogP contribution in [0, 0.1) is 5.82 Å².